The number of nitrogens with zero attached hydrogens (tertiary/aromatic N) is 1. The molecule has 5 aliphatic rings. The molecule has 2 aliphatic carbocycles. The van der Waals surface area contributed by atoms with Gasteiger partial charge in [-0.2, -0.15) is 0 Å². The lowest BCUT2D eigenvalue weighted by Crippen LogP contribution is -3.00. The van der Waals surface area contributed by atoms with Gasteiger partial charge < -0.3 is 31.3 Å². The van der Waals surface area contributed by atoms with Crippen molar-refractivity contribution in [2.24, 2.45) is 17.8 Å². The summed E-state index contributed by atoms with van der Waals surface area (Å²) in [6.07, 6.45) is 13.5. The van der Waals surface area contributed by atoms with Gasteiger partial charge in [0.2, 0.25) is 0 Å². The molecule has 3 heterocycles. The third-order valence-electron chi connectivity index (χ3n) is 8.98. The van der Waals surface area contributed by atoms with Gasteiger partial charge in [0.05, 0.1) is 26.2 Å². The van der Waals surface area contributed by atoms with Gasteiger partial charge in [-0.15, -0.1) is 0 Å². The maximum atomic E-state index is 11.8. The highest BCUT2D eigenvalue weighted by molar-refractivity contribution is 5.24. The van der Waals surface area contributed by atoms with E-state index in [4.69, 9.17) is 4.74 Å². The van der Waals surface area contributed by atoms with Crippen LogP contribution in [0.2, 0.25) is 0 Å². The first kappa shape index (κ1) is 22.8. The molecule has 168 valence electrons. The molecular formula is C26H40BrNO2. The highest BCUT2D eigenvalue weighted by Gasteiger charge is 2.49. The number of rotatable bonds is 7. The lowest BCUT2D eigenvalue weighted by atomic mass is 9.79. The number of piperidine rings is 3. The predicted molar refractivity (Wildman–Crippen MR) is 116 cm³/mol. The van der Waals surface area contributed by atoms with Gasteiger partial charge in [0.25, 0.3) is 0 Å². The Balaban J connectivity index is 0.00000218. The Hall–Kier alpha value is -0.420. The first-order valence-electron chi connectivity index (χ1n) is 12.4. The number of halogens is 1. The highest BCUT2D eigenvalue weighted by Crippen LogP contribution is 2.43. The van der Waals surface area contributed by atoms with Crippen LogP contribution < -0.4 is 17.0 Å². The summed E-state index contributed by atoms with van der Waals surface area (Å²) in [5.74, 6) is 2.00. The minimum atomic E-state index is -0.819. The van der Waals surface area contributed by atoms with E-state index in [2.05, 4.69) is 24.3 Å². The fraction of sp³-hybridized carbons (Fsp3) is 0.769. The van der Waals surface area contributed by atoms with Gasteiger partial charge in [0, 0.05) is 24.7 Å². The van der Waals surface area contributed by atoms with Crippen molar-refractivity contribution in [1.82, 2.24) is 0 Å². The standard InChI is InChI=1S/C26H40NO2.BrH/c28-26(24-12-6-7-13-24,23-10-2-1-3-11-23)20-29-25-19-27(16-14-22(25)15-17-27)18-21-8-4-5-9-21;/h1-3,10-11,21-22,24-25,28H,4-9,12-20H2;1H/q+1;/p-1/t22?,25-,26-,27?;/m0./s1. The van der Waals surface area contributed by atoms with Gasteiger partial charge >= 0.3 is 0 Å². The number of aliphatic hydroxyl groups is 1. The van der Waals surface area contributed by atoms with E-state index >= 15 is 0 Å². The average molecular weight is 479 g/mol. The van der Waals surface area contributed by atoms with E-state index in [1.165, 1.54) is 82.0 Å². The molecule has 1 aromatic carbocycles. The molecular weight excluding hydrogens is 438 g/mol. The fourth-order valence-electron chi connectivity index (χ4n) is 7.21. The first-order valence-corrected chi connectivity index (χ1v) is 12.4. The van der Waals surface area contributed by atoms with Crippen LogP contribution in [-0.4, -0.2) is 48.5 Å². The summed E-state index contributed by atoms with van der Waals surface area (Å²) < 4.78 is 7.98. The van der Waals surface area contributed by atoms with Crippen LogP contribution >= 0.6 is 0 Å². The quantitative estimate of drug-likeness (QED) is 0.607. The minimum absolute atomic E-state index is 0. The Morgan fingerprint density at radius 2 is 1.53 bits per heavy atom. The monoisotopic (exact) mass is 477 g/mol. The van der Waals surface area contributed by atoms with E-state index in [-0.39, 0.29) is 17.0 Å². The number of ether oxygens (including phenoxy) is 1. The molecule has 1 N–H and O–H groups in total. The van der Waals surface area contributed by atoms with Crippen molar-refractivity contribution >= 4 is 0 Å². The summed E-state index contributed by atoms with van der Waals surface area (Å²) in [5, 5.41) is 11.8. The van der Waals surface area contributed by atoms with E-state index in [0.29, 0.717) is 24.5 Å². The Bertz CT molecular complexity index is 663. The molecule has 4 heteroatoms. The van der Waals surface area contributed by atoms with Crippen LogP contribution in [0.25, 0.3) is 0 Å². The Morgan fingerprint density at radius 1 is 0.900 bits per heavy atom. The van der Waals surface area contributed by atoms with Crippen molar-refractivity contribution in [3.8, 4) is 0 Å². The van der Waals surface area contributed by atoms with E-state index in [1.807, 2.05) is 6.07 Å². The summed E-state index contributed by atoms with van der Waals surface area (Å²) >= 11 is 0. The number of fused-ring (bicyclic) bond motifs is 3. The summed E-state index contributed by atoms with van der Waals surface area (Å²) in [5.41, 5.74) is 0.239. The van der Waals surface area contributed by atoms with Crippen LogP contribution in [0.4, 0.5) is 0 Å². The molecule has 3 nitrogen and oxygen atoms in total. The number of hydrogen-bond acceptors (Lipinski definition) is 2. The SMILES string of the molecule is O[C@@](CO[C@H]1C[N+]2(CC3CCCC3)CCC1CC2)(c1ccccc1)C1CCCC1.[Br-]. The van der Waals surface area contributed by atoms with Crippen molar-refractivity contribution < 1.29 is 31.3 Å². The van der Waals surface area contributed by atoms with Crippen LogP contribution in [0, 0.1) is 17.8 Å². The maximum absolute atomic E-state index is 11.8. The van der Waals surface area contributed by atoms with Gasteiger partial charge in [-0.25, -0.2) is 0 Å². The lowest BCUT2D eigenvalue weighted by molar-refractivity contribution is -0.949. The van der Waals surface area contributed by atoms with Crippen LogP contribution in [-0.2, 0) is 10.3 Å². The second-order valence-electron chi connectivity index (χ2n) is 10.8. The Labute approximate surface area is 193 Å². The lowest BCUT2D eigenvalue weighted by Gasteiger charge is -2.53. The Morgan fingerprint density at radius 3 is 2.20 bits per heavy atom. The zero-order valence-corrected chi connectivity index (χ0v) is 20.1. The molecule has 3 saturated heterocycles. The van der Waals surface area contributed by atoms with Crippen LogP contribution in [0.5, 0.6) is 0 Å². The zero-order chi connectivity index (χ0) is 19.7. The van der Waals surface area contributed by atoms with Crippen molar-refractivity contribution in [1.29, 1.82) is 0 Å². The molecule has 0 aromatic heterocycles. The second-order valence-corrected chi connectivity index (χ2v) is 10.8. The summed E-state index contributed by atoms with van der Waals surface area (Å²) in [6, 6.07) is 10.4. The van der Waals surface area contributed by atoms with E-state index in [0.717, 1.165) is 24.3 Å². The zero-order valence-electron chi connectivity index (χ0n) is 18.5. The number of hydrogen-bond donors (Lipinski definition) is 1. The van der Waals surface area contributed by atoms with Gasteiger partial charge in [-0.3, -0.25) is 0 Å². The molecule has 2 bridgehead atoms. The predicted octanol–water partition coefficient (Wildman–Crippen LogP) is 1.88. The molecule has 3 aliphatic heterocycles. The molecule has 0 unspecified atom stereocenters. The topological polar surface area (TPSA) is 29.5 Å². The molecule has 0 spiro atoms. The molecule has 5 fully saturated rings. The van der Waals surface area contributed by atoms with Crippen LogP contribution in [0.15, 0.2) is 30.3 Å². The first-order chi connectivity index (χ1) is 14.2. The molecule has 0 amide bonds. The molecule has 30 heavy (non-hydrogen) atoms. The third kappa shape index (κ3) is 4.53. The van der Waals surface area contributed by atoms with Crippen molar-refractivity contribution in [2.75, 3.05) is 32.8 Å². The minimum Gasteiger partial charge on any atom is -1.00 e. The maximum Gasteiger partial charge on any atom is 0.116 e. The number of benzene rings is 1. The largest absolute Gasteiger partial charge is 1.00 e. The van der Waals surface area contributed by atoms with E-state index in [9.17, 15) is 5.11 Å². The summed E-state index contributed by atoms with van der Waals surface area (Å²) in [6.45, 7) is 5.79. The van der Waals surface area contributed by atoms with Gasteiger partial charge in [0.15, 0.2) is 0 Å². The van der Waals surface area contributed by atoms with Crippen molar-refractivity contribution in [3.63, 3.8) is 0 Å². The smallest absolute Gasteiger partial charge is 0.116 e. The van der Waals surface area contributed by atoms with Crippen LogP contribution in [0.3, 0.4) is 0 Å². The van der Waals surface area contributed by atoms with E-state index < -0.39 is 5.60 Å². The number of quaternary nitrogens is 1. The normalized spacial score (nSPS) is 34.0. The molecule has 0 radical (unpaired) electrons. The van der Waals surface area contributed by atoms with Crippen molar-refractivity contribution in [2.45, 2.75) is 75.9 Å². The highest BCUT2D eigenvalue weighted by atomic mass is 79.9. The Kier molecular flexibility index (Phi) is 7.29. The van der Waals surface area contributed by atoms with Crippen molar-refractivity contribution in [3.05, 3.63) is 35.9 Å². The fourth-order valence-corrected chi connectivity index (χ4v) is 7.21. The van der Waals surface area contributed by atoms with Gasteiger partial charge in [-0.05, 0) is 37.2 Å². The third-order valence-corrected chi connectivity index (χ3v) is 8.98. The summed E-state index contributed by atoms with van der Waals surface area (Å²) in [4.78, 5) is 0. The second kappa shape index (κ2) is 9.60. The molecule has 6 rings (SSSR count). The van der Waals surface area contributed by atoms with E-state index in [1.54, 1.807) is 0 Å². The van der Waals surface area contributed by atoms with Crippen LogP contribution in [0.1, 0.15) is 69.8 Å². The summed E-state index contributed by atoms with van der Waals surface area (Å²) in [7, 11) is 0. The molecule has 2 saturated carbocycles. The molecule has 1 aromatic rings. The van der Waals surface area contributed by atoms with Gasteiger partial charge in [-0.1, -0.05) is 56.0 Å². The van der Waals surface area contributed by atoms with Gasteiger partial charge in [0.1, 0.15) is 18.2 Å². The molecule has 2 atom stereocenters. The average Bonchev–Trinajstić information content (AvgIpc) is 3.48.